The Kier molecular flexibility index (Phi) is 11.4. The Bertz CT molecular complexity index is 3620. The van der Waals surface area contributed by atoms with Crippen molar-refractivity contribution < 1.29 is 0 Å². The third-order valence-electron chi connectivity index (χ3n) is 14.0. The fourth-order valence-corrected chi connectivity index (χ4v) is 11.5. The van der Waals surface area contributed by atoms with Crippen LogP contribution in [0.15, 0.2) is 285 Å². The van der Waals surface area contributed by atoms with E-state index in [4.69, 9.17) is 0 Å². The molecule has 0 amide bonds. The van der Waals surface area contributed by atoms with Gasteiger partial charge in [-0.2, -0.15) is 0 Å². The number of para-hydroxylation sites is 8. The van der Waals surface area contributed by atoms with Gasteiger partial charge in [0.2, 0.25) is 0 Å². The Morgan fingerprint density at radius 2 is 0.616 bits per heavy atom. The molecule has 13 rings (SSSR count). The van der Waals surface area contributed by atoms with Crippen LogP contribution in [0, 0.1) is 0 Å². The van der Waals surface area contributed by atoms with E-state index in [1.807, 2.05) is 0 Å². The summed E-state index contributed by atoms with van der Waals surface area (Å²) in [6.45, 7) is -0.114. The van der Waals surface area contributed by atoms with Crippen LogP contribution in [0.5, 0.6) is 0 Å². The fraction of sp³-hybridized carbons (Fsp3) is 0. The summed E-state index contributed by atoms with van der Waals surface area (Å²) in [5, 5.41) is 0. The molecule has 11 aromatic carbocycles. The Morgan fingerprint density at radius 3 is 1.07 bits per heavy atom. The van der Waals surface area contributed by atoms with Gasteiger partial charge in [0, 0.05) is 0 Å². The molecule has 0 N–H and O–H groups in total. The topological polar surface area (TPSA) is 16.2 Å². The van der Waals surface area contributed by atoms with Gasteiger partial charge in [-0.1, -0.05) is 0 Å². The second kappa shape index (κ2) is 19.0. The van der Waals surface area contributed by atoms with Crippen molar-refractivity contribution in [2.24, 2.45) is 0 Å². The Balaban J connectivity index is 1.05. The number of hydrogen-bond donors (Lipinski definition) is 0. The monoisotopic (exact) mass is 1000 g/mol. The molecule has 0 saturated carbocycles. The third-order valence-corrected chi connectivity index (χ3v) is 14.7. The van der Waals surface area contributed by atoms with E-state index in [2.05, 4.69) is 326 Å². The molecule has 345 valence electrons. The molecule has 5 nitrogen and oxygen atoms in total. The number of fused-ring (bicyclic) bond motifs is 4. The Morgan fingerprint density at radius 1 is 0.274 bits per heavy atom. The minimum atomic E-state index is -0.114. The third kappa shape index (κ3) is 7.93. The van der Waals surface area contributed by atoms with Crippen LogP contribution in [0.2, 0.25) is 0 Å². The summed E-state index contributed by atoms with van der Waals surface area (Å²) in [6, 6.07) is 103. The van der Waals surface area contributed by atoms with E-state index in [0.29, 0.717) is 0 Å². The van der Waals surface area contributed by atoms with Crippen LogP contribution < -0.4 is 45.3 Å². The molecule has 0 aliphatic carbocycles. The first-order valence-electron chi connectivity index (χ1n) is 24.8. The number of anilines is 15. The van der Waals surface area contributed by atoms with Gasteiger partial charge < -0.3 is 0 Å². The van der Waals surface area contributed by atoms with Crippen molar-refractivity contribution in [2.45, 2.75) is 0 Å². The molecule has 0 fully saturated rings. The number of nitrogens with zero attached hydrogens (tertiary/aromatic N) is 5. The fourth-order valence-electron chi connectivity index (χ4n) is 10.9. The van der Waals surface area contributed by atoms with Crippen molar-refractivity contribution in [2.75, 3.05) is 24.5 Å². The van der Waals surface area contributed by atoms with Crippen LogP contribution >= 0.6 is 0 Å². The van der Waals surface area contributed by atoms with Crippen LogP contribution in [0.1, 0.15) is 0 Å². The quantitative estimate of drug-likeness (QED) is 0.120. The van der Waals surface area contributed by atoms with Gasteiger partial charge in [0.05, 0.1) is 0 Å². The molecular weight excluding hydrogens is 953 g/mol. The van der Waals surface area contributed by atoms with Crippen molar-refractivity contribution in [1.82, 2.24) is 0 Å². The molecule has 2 heterocycles. The number of hydrogen-bond acceptors (Lipinski definition) is 5. The van der Waals surface area contributed by atoms with Gasteiger partial charge in [-0.05, 0) is 0 Å². The Labute approximate surface area is 436 Å². The molecule has 0 bridgehead atoms. The summed E-state index contributed by atoms with van der Waals surface area (Å²) in [4.78, 5) is 12.1. The van der Waals surface area contributed by atoms with Crippen LogP contribution in [-0.2, 0) is 0 Å². The molecule has 73 heavy (non-hydrogen) atoms. The van der Waals surface area contributed by atoms with E-state index in [1.165, 1.54) is 16.4 Å². The normalized spacial score (nSPS) is 12.1. The molecule has 0 atom stereocenters. The van der Waals surface area contributed by atoms with Crippen LogP contribution in [0.3, 0.4) is 0 Å². The molecule has 0 saturated heterocycles. The number of benzene rings is 11. The maximum absolute atomic E-state index is 3.59. The maximum atomic E-state index is 3.59. The molecule has 11 aromatic rings. The first-order chi connectivity index (χ1) is 36.2. The number of rotatable bonds is 11. The predicted molar refractivity (Wildman–Crippen MR) is 310 cm³/mol. The Hall–Kier alpha value is -9.00. The van der Waals surface area contributed by atoms with Crippen LogP contribution in [0.4, 0.5) is 85.3 Å². The summed E-state index contributed by atoms with van der Waals surface area (Å²) >= 11 is 3.59. The summed E-state index contributed by atoms with van der Waals surface area (Å²) in [5.74, 6) is 0. The zero-order valence-corrected chi connectivity index (χ0v) is 41.6. The van der Waals surface area contributed by atoms with Gasteiger partial charge >= 0.3 is 439 Å². The molecule has 0 unspecified atom stereocenters. The van der Waals surface area contributed by atoms with Gasteiger partial charge in [0.1, 0.15) is 0 Å². The molecule has 7 heteroatoms. The molecular formula is C66H47BN5Se. The summed E-state index contributed by atoms with van der Waals surface area (Å²) in [7, 11) is 0. The molecule has 1 radical (unpaired) electrons. The van der Waals surface area contributed by atoms with E-state index < -0.39 is 0 Å². The van der Waals surface area contributed by atoms with Gasteiger partial charge in [0.25, 0.3) is 0 Å². The summed E-state index contributed by atoms with van der Waals surface area (Å²) < 4.78 is 1.04. The van der Waals surface area contributed by atoms with Crippen molar-refractivity contribution in [3.63, 3.8) is 0 Å². The molecule has 0 spiro atoms. The van der Waals surface area contributed by atoms with E-state index in [9.17, 15) is 0 Å². The standard InChI is InChI=1S/C66H47BN5Se/c73-65-47-61-59(46-62(65)70(52-32-16-5-17-33-52)56-42-40-55(41-43-56)68(48-24-8-1-9-25-48)49-26-10-2-11-27-49)67-58-38-22-23-39-60(58)71(53-34-18-6-19-35-53)63-44-57(45-64(66(63)67)72(61)54-36-20-7-21-37-54)69(50-28-12-3-13-29-50)51-30-14-4-15-31-51/h1-47H. The SMILES string of the molecule is [Se]c1cc2c(cc1N(c1ccccc1)c1ccc(N(c3ccccc3)c3ccccc3)cc1)B1c3ccccc3N(c3ccccc3)c3cc(N(c4ccccc4)c4ccccc4)cc(c31)N2c1ccccc1. The van der Waals surface area contributed by atoms with Crippen molar-refractivity contribution in [3.8, 4) is 0 Å². The van der Waals surface area contributed by atoms with Crippen molar-refractivity contribution in [1.29, 1.82) is 0 Å². The van der Waals surface area contributed by atoms with Gasteiger partial charge in [-0.25, -0.2) is 0 Å². The first-order valence-corrected chi connectivity index (χ1v) is 25.6. The summed E-state index contributed by atoms with van der Waals surface area (Å²) in [5.41, 5.74) is 20.1. The predicted octanol–water partition coefficient (Wildman–Crippen LogP) is 15.0. The summed E-state index contributed by atoms with van der Waals surface area (Å²) in [6.07, 6.45) is 0. The van der Waals surface area contributed by atoms with E-state index in [0.717, 1.165) is 89.8 Å². The zero-order chi connectivity index (χ0) is 48.7. The van der Waals surface area contributed by atoms with Crippen molar-refractivity contribution in [3.05, 3.63) is 285 Å². The molecule has 2 aliphatic heterocycles. The van der Waals surface area contributed by atoms with Crippen LogP contribution in [-0.4, -0.2) is 22.7 Å². The average molecular weight is 1000 g/mol. The zero-order valence-electron chi connectivity index (χ0n) is 39.9. The average Bonchev–Trinajstić information content (AvgIpc) is 3.46. The van der Waals surface area contributed by atoms with Gasteiger partial charge in [0.15, 0.2) is 0 Å². The minimum absolute atomic E-state index is 0.114. The second-order valence-electron chi connectivity index (χ2n) is 18.3. The first kappa shape index (κ1) is 44.0. The van der Waals surface area contributed by atoms with Gasteiger partial charge in [-0.15, -0.1) is 0 Å². The van der Waals surface area contributed by atoms with E-state index in [1.54, 1.807) is 0 Å². The second-order valence-corrected chi connectivity index (χ2v) is 19.2. The molecule has 0 aromatic heterocycles. The van der Waals surface area contributed by atoms with Crippen molar-refractivity contribution >= 4 is 129 Å². The van der Waals surface area contributed by atoms with E-state index in [-0.39, 0.29) is 6.71 Å². The van der Waals surface area contributed by atoms with Crippen LogP contribution in [0.25, 0.3) is 0 Å². The van der Waals surface area contributed by atoms with E-state index >= 15 is 0 Å². The van der Waals surface area contributed by atoms with Gasteiger partial charge in [-0.3, -0.25) is 0 Å². The molecule has 2 aliphatic rings.